The summed E-state index contributed by atoms with van der Waals surface area (Å²) in [6, 6.07) is 10.8. The second kappa shape index (κ2) is 7.26. The fraction of sp³-hybridized carbons (Fsp3) is 0.0526. The van der Waals surface area contributed by atoms with Gasteiger partial charge in [0.25, 0.3) is 5.91 Å². The Morgan fingerprint density at radius 3 is 2.46 bits per heavy atom. The fourth-order valence-electron chi connectivity index (χ4n) is 2.38. The molecule has 0 aliphatic rings. The molecule has 3 rings (SSSR count). The van der Waals surface area contributed by atoms with Crippen molar-refractivity contribution in [1.82, 2.24) is 4.98 Å². The van der Waals surface area contributed by atoms with Crippen LogP contribution in [-0.4, -0.2) is 18.0 Å². The van der Waals surface area contributed by atoms with Crippen LogP contribution in [0.15, 0.2) is 54.7 Å². The molecule has 0 spiro atoms. The number of aromatic nitrogens is 1. The van der Waals surface area contributed by atoms with Gasteiger partial charge in [-0.25, -0.2) is 13.2 Å². The van der Waals surface area contributed by atoms with Crippen molar-refractivity contribution in [2.45, 2.75) is 0 Å². The van der Waals surface area contributed by atoms with Crippen molar-refractivity contribution in [3.8, 4) is 17.0 Å². The van der Waals surface area contributed by atoms with Gasteiger partial charge in [0.15, 0.2) is 11.6 Å². The largest absolute Gasteiger partial charge is 0.496 e. The summed E-state index contributed by atoms with van der Waals surface area (Å²) in [5, 5.41) is 2.23. The highest BCUT2D eigenvalue weighted by atomic mass is 19.2. The van der Waals surface area contributed by atoms with Crippen LogP contribution in [0.4, 0.5) is 18.9 Å². The second-order valence-electron chi connectivity index (χ2n) is 5.33. The van der Waals surface area contributed by atoms with Crippen molar-refractivity contribution in [1.29, 1.82) is 0 Å². The van der Waals surface area contributed by atoms with Crippen LogP contribution in [-0.2, 0) is 0 Å². The summed E-state index contributed by atoms with van der Waals surface area (Å²) in [6.07, 6.45) is 1.60. The van der Waals surface area contributed by atoms with Crippen molar-refractivity contribution < 1.29 is 22.7 Å². The fourth-order valence-corrected chi connectivity index (χ4v) is 2.38. The Kier molecular flexibility index (Phi) is 4.88. The minimum atomic E-state index is -1.33. The van der Waals surface area contributed by atoms with E-state index >= 15 is 0 Å². The first-order valence-electron chi connectivity index (χ1n) is 7.55. The van der Waals surface area contributed by atoms with Crippen molar-refractivity contribution in [2.24, 2.45) is 0 Å². The number of pyridine rings is 1. The summed E-state index contributed by atoms with van der Waals surface area (Å²) in [5.74, 6) is -3.85. The number of anilines is 1. The summed E-state index contributed by atoms with van der Waals surface area (Å²) in [4.78, 5) is 16.6. The lowest BCUT2D eigenvalue weighted by molar-refractivity contribution is 0.102. The normalized spacial score (nSPS) is 10.5. The molecule has 0 saturated heterocycles. The molecule has 0 radical (unpaired) electrons. The molecule has 0 fully saturated rings. The summed E-state index contributed by atoms with van der Waals surface area (Å²) in [5.41, 5.74) is 0.865. The topological polar surface area (TPSA) is 51.2 Å². The minimum absolute atomic E-state index is 0.176. The van der Waals surface area contributed by atoms with E-state index in [0.717, 1.165) is 0 Å². The number of rotatable bonds is 4. The Labute approximate surface area is 147 Å². The number of hydrogen-bond donors (Lipinski definition) is 1. The van der Waals surface area contributed by atoms with E-state index in [1.807, 2.05) is 0 Å². The SMILES string of the molecule is COc1ccc(C(=O)Nc2cc(F)c(F)cc2F)cc1-c1ccccn1. The van der Waals surface area contributed by atoms with Crippen LogP contribution >= 0.6 is 0 Å². The van der Waals surface area contributed by atoms with Gasteiger partial charge in [0.2, 0.25) is 0 Å². The van der Waals surface area contributed by atoms with Gasteiger partial charge < -0.3 is 10.1 Å². The number of carbonyl (C=O) groups excluding carboxylic acids is 1. The Hall–Kier alpha value is -3.35. The number of halogens is 3. The summed E-state index contributed by atoms with van der Waals surface area (Å²) in [7, 11) is 1.48. The molecule has 132 valence electrons. The molecule has 1 amide bonds. The average molecular weight is 358 g/mol. The highest BCUT2D eigenvalue weighted by Gasteiger charge is 2.16. The number of carbonyl (C=O) groups is 1. The van der Waals surface area contributed by atoms with Crippen molar-refractivity contribution >= 4 is 11.6 Å². The zero-order chi connectivity index (χ0) is 18.7. The van der Waals surface area contributed by atoms with Crippen molar-refractivity contribution in [3.63, 3.8) is 0 Å². The van der Waals surface area contributed by atoms with E-state index in [1.54, 1.807) is 30.5 Å². The number of methoxy groups -OCH3 is 1. The number of nitrogens with one attached hydrogen (secondary N) is 1. The van der Waals surface area contributed by atoms with Gasteiger partial charge in [-0.05, 0) is 30.3 Å². The predicted octanol–water partition coefficient (Wildman–Crippen LogP) is 4.43. The zero-order valence-corrected chi connectivity index (χ0v) is 13.6. The number of amides is 1. The minimum Gasteiger partial charge on any atom is -0.496 e. The molecule has 0 aliphatic carbocycles. The van der Waals surface area contributed by atoms with E-state index in [-0.39, 0.29) is 5.56 Å². The monoisotopic (exact) mass is 358 g/mol. The van der Waals surface area contributed by atoms with Crippen LogP contribution in [0, 0.1) is 17.5 Å². The third kappa shape index (κ3) is 3.51. The van der Waals surface area contributed by atoms with Gasteiger partial charge >= 0.3 is 0 Å². The van der Waals surface area contributed by atoms with Crippen LogP contribution in [0.25, 0.3) is 11.3 Å². The third-order valence-electron chi connectivity index (χ3n) is 3.66. The predicted molar refractivity (Wildman–Crippen MR) is 90.5 cm³/mol. The molecule has 0 atom stereocenters. The molecule has 3 aromatic rings. The lowest BCUT2D eigenvalue weighted by Gasteiger charge is -2.11. The molecule has 1 aromatic heterocycles. The van der Waals surface area contributed by atoms with Crippen LogP contribution < -0.4 is 10.1 Å². The van der Waals surface area contributed by atoms with E-state index < -0.39 is 29.0 Å². The van der Waals surface area contributed by atoms with E-state index in [2.05, 4.69) is 10.3 Å². The maximum atomic E-state index is 13.7. The van der Waals surface area contributed by atoms with Crippen LogP contribution in [0.1, 0.15) is 10.4 Å². The van der Waals surface area contributed by atoms with E-state index in [4.69, 9.17) is 4.74 Å². The van der Waals surface area contributed by atoms with Gasteiger partial charge in [0, 0.05) is 29.5 Å². The van der Waals surface area contributed by atoms with Gasteiger partial charge in [-0.15, -0.1) is 0 Å². The van der Waals surface area contributed by atoms with E-state index in [1.165, 1.54) is 19.2 Å². The highest BCUT2D eigenvalue weighted by Crippen LogP contribution is 2.30. The van der Waals surface area contributed by atoms with Gasteiger partial charge in [0.05, 0.1) is 18.5 Å². The van der Waals surface area contributed by atoms with E-state index in [9.17, 15) is 18.0 Å². The molecule has 0 saturated carbocycles. The third-order valence-corrected chi connectivity index (χ3v) is 3.66. The second-order valence-corrected chi connectivity index (χ2v) is 5.33. The zero-order valence-electron chi connectivity index (χ0n) is 13.6. The molecular weight excluding hydrogens is 345 g/mol. The first-order valence-corrected chi connectivity index (χ1v) is 7.55. The quantitative estimate of drug-likeness (QED) is 0.702. The Bertz CT molecular complexity index is 962. The van der Waals surface area contributed by atoms with Gasteiger partial charge in [-0.2, -0.15) is 0 Å². The molecule has 2 aromatic carbocycles. The maximum Gasteiger partial charge on any atom is 0.255 e. The molecule has 0 unspecified atom stereocenters. The van der Waals surface area contributed by atoms with Gasteiger partial charge in [-0.3, -0.25) is 9.78 Å². The van der Waals surface area contributed by atoms with Crippen molar-refractivity contribution in [2.75, 3.05) is 12.4 Å². The Morgan fingerprint density at radius 2 is 1.77 bits per heavy atom. The van der Waals surface area contributed by atoms with Gasteiger partial charge in [0.1, 0.15) is 11.6 Å². The molecule has 26 heavy (non-hydrogen) atoms. The number of benzene rings is 2. The standard InChI is InChI=1S/C19H13F3N2O2/c1-26-18-6-5-11(8-12(18)16-4-2-3-7-23-16)19(25)24-17-10-14(21)13(20)9-15(17)22/h2-10H,1H3,(H,24,25). The van der Waals surface area contributed by atoms with Crippen LogP contribution in [0.3, 0.4) is 0 Å². The molecule has 0 bridgehead atoms. The summed E-state index contributed by atoms with van der Waals surface area (Å²) < 4.78 is 45.3. The van der Waals surface area contributed by atoms with Crippen molar-refractivity contribution in [3.05, 3.63) is 77.7 Å². The summed E-state index contributed by atoms with van der Waals surface area (Å²) in [6.45, 7) is 0. The smallest absolute Gasteiger partial charge is 0.255 e. The Morgan fingerprint density at radius 1 is 1.00 bits per heavy atom. The van der Waals surface area contributed by atoms with Gasteiger partial charge in [-0.1, -0.05) is 6.07 Å². The number of nitrogens with zero attached hydrogens (tertiary/aromatic N) is 1. The van der Waals surface area contributed by atoms with Crippen LogP contribution in [0.5, 0.6) is 5.75 Å². The summed E-state index contributed by atoms with van der Waals surface area (Å²) >= 11 is 0. The number of hydrogen-bond acceptors (Lipinski definition) is 3. The first kappa shape index (κ1) is 17.5. The lowest BCUT2D eigenvalue weighted by Crippen LogP contribution is -2.14. The average Bonchev–Trinajstić information content (AvgIpc) is 2.66. The molecule has 1 N–H and O–H groups in total. The molecular formula is C19H13F3N2O2. The molecule has 0 aliphatic heterocycles. The molecule has 7 heteroatoms. The Balaban J connectivity index is 1.95. The maximum absolute atomic E-state index is 13.7. The van der Waals surface area contributed by atoms with Crippen LogP contribution in [0.2, 0.25) is 0 Å². The molecule has 4 nitrogen and oxygen atoms in total. The number of ether oxygens (including phenoxy) is 1. The molecule has 1 heterocycles. The lowest BCUT2D eigenvalue weighted by atomic mass is 10.1. The van der Waals surface area contributed by atoms with E-state index in [0.29, 0.717) is 29.1 Å². The highest BCUT2D eigenvalue weighted by molar-refractivity contribution is 6.05. The first-order chi connectivity index (χ1) is 12.5.